The van der Waals surface area contributed by atoms with E-state index in [2.05, 4.69) is 5.32 Å². The lowest BCUT2D eigenvalue weighted by atomic mass is 10.0. The first-order valence-corrected chi connectivity index (χ1v) is 12.3. The number of para-hydroxylation sites is 1. The third-order valence-electron chi connectivity index (χ3n) is 6.09. The molecule has 0 saturated heterocycles. The van der Waals surface area contributed by atoms with Crippen molar-refractivity contribution in [1.29, 1.82) is 0 Å². The van der Waals surface area contributed by atoms with Crippen LogP contribution in [0.2, 0.25) is 0 Å². The van der Waals surface area contributed by atoms with E-state index < -0.39 is 0 Å². The Bertz CT molecular complexity index is 1720. The third-order valence-corrected chi connectivity index (χ3v) is 6.09. The number of hydrogen-bond acceptors (Lipinski definition) is 4. The minimum atomic E-state index is -0.237. The van der Waals surface area contributed by atoms with Crippen LogP contribution in [0.1, 0.15) is 10.4 Å². The zero-order chi connectivity index (χ0) is 25.7. The van der Waals surface area contributed by atoms with Crippen LogP contribution in [-0.4, -0.2) is 15.9 Å². The van der Waals surface area contributed by atoms with E-state index in [-0.39, 0.29) is 5.91 Å². The number of fused-ring (bicyclic) bond motifs is 1. The lowest BCUT2D eigenvalue weighted by Crippen LogP contribution is -2.12. The highest BCUT2D eigenvalue weighted by molar-refractivity contribution is 6.06. The van der Waals surface area contributed by atoms with Crippen LogP contribution in [0.5, 0.6) is 11.5 Å². The van der Waals surface area contributed by atoms with Crippen molar-refractivity contribution in [1.82, 2.24) is 9.97 Å². The average Bonchev–Trinajstić information content (AvgIpc) is 2.98. The van der Waals surface area contributed by atoms with Gasteiger partial charge in [-0.05, 0) is 42.5 Å². The van der Waals surface area contributed by atoms with Crippen molar-refractivity contribution >= 4 is 22.6 Å². The van der Waals surface area contributed by atoms with Crippen molar-refractivity contribution in [3.63, 3.8) is 0 Å². The summed E-state index contributed by atoms with van der Waals surface area (Å²) in [4.78, 5) is 23.1. The van der Waals surface area contributed by atoms with E-state index in [4.69, 9.17) is 14.7 Å². The van der Waals surface area contributed by atoms with Gasteiger partial charge in [-0.3, -0.25) is 4.79 Å². The van der Waals surface area contributed by atoms with Gasteiger partial charge in [-0.15, -0.1) is 0 Å². The summed E-state index contributed by atoms with van der Waals surface area (Å²) in [5.74, 6) is 1.13. The van der Waals surface area contributed by atoms with Crippen LogP contribution in [0, 0.1) is 0 Å². The second kappa shape index (κ2) is 10.4. The largest absolute Gasteiger partial charge is 0.457 e. The van der Waals surface area contributed by atoms with E-state index in [0.29, 0.717) is 22.5 Å². The molecule has 0 aliphatic rings. The summed E-state index contributed by atoms with van der Waals surface area (Å²) in [6.45, 7) is 0. The molecular weight excluding hydrogens is 470 g/mol. The summed E-state index contributed by atoms with van der Waals surface area (Å²) >= 11 is 0. The Morgan fingerprint density at radius 3 is 1.79 bits per heavy atom. The quantitative estimate of drug-likeness (QED) is 0.255. The van der Waals surface area contributed by atoms with E-state index in [1.54, 1.807) is 18.2 Å². The first-order chi connectivity index (χ1) is 18.7. The molecule has 1 aromatic heterocycles. The average molecular weight is 494 g/mol. The van der Waals surface area contributed by atoms with Gasteiger partial charge in [0.15, 0.2) is 0 Å². The molecule has 182 valence electrons. The number of carbonyl (C=O) groups is 1. The summed E-state index contributed by atoms with van der Waals surface area (Å²) in [6, 6.07) is 42.2. The topological polar surface area (TPSA) is 64.1 Å². The Morgan fingerprint density at radius 2 is 1.13 bits per heavy atom. The number of carbonyl (C=O) groups excluding carboxylic acids is 1. The van der Waals surface area contributed by atoms with Crippen molar-refractivity contribution in [2.45, 2.75) is 0 Å². The van der Waals surface area contributed by atoms with Gasteiger partial charge < -0.3 is 10.1 Å². The summed E-state index contributed by atoms with van der Waals surface area (Å²) in [6.07, 6.45) is 0. The maximum absolute atomic E-state index is 13.2. The molecule has 1 heterocycles. The van der Waals surface area contributed by atoms with Gasteiger partial charge in [0.05, 0.1) is 22.4 Å². The van der Waals surface area contributed by atoms with Crippen molar-refractivity contribution in [3.05, 3.63) is 139 Å². The number of anilines is 1. The van der Waals surface area contributed by atoms with Crippen LogP contribution >= 0.6 is 0 Å². The van der Waals surface area contributed by atoms with Crippen molar-refractivity contribution in [3.8, 4) is 34.0 Å². The highest BCUT2D eigenvalue weighted by Gasteiger charge is 2.15. The molecule has 0 atom stereocenters. The van der Waals surface area contributed by atoms with Gasteiger partial charge in [-0.1, -0.05) is 84.9 Å². The van der Waals surface area contributed by atoms with Gasteiger partial charge in [0.25, 0.3) is 5.91 Å². The fourth-order valence-electron chi connectivity index (χ4n) is 4.26. The summed E-state index contributed by atoms with van der Waals surface area (Å²) < 4.78 is 5.90. The third kappa shape index (κ3) is 4.99. The van der Waals surface area contributed by atoms with E-state index in [9.17, 15) is 4.79 Å². The summed E-state index contributed by atoms with van der Waals surface area (Å²) in [7, 11) is 0. The number of benzene rings is 5. The Hall–Kier alpha value is -5.29. The van der Waals surface area contributed by atoms with Crippen LogP contribution < -0.4 is 10.1 Å². The van der Waals surface area contributed by atoms with Gasteiger partial charge >= 0.3 is 0 Å². The van der Waals surface area contributed by atoms with Crippen LogP contribution in [0.3, 0.4) is 0 Å². The van der Waals surface area contributed by atoms with Crippen LogP contribution in [-0.2, 0) is 0 Å². The Balaban J connectivity index is 1.32. The molecule has 0 aliphatic heterocycles. The molecular formula is C33H23N3O2. The minimum Gasteiger partial charge on any atom is -0.457 e. The van der Waals surface area contributed by atoms with Crippen molar-refractivity contribution < 1.29 is 9.53 Å². The normalized spacial score (nSPS) is 10.7. The van der Waals surface area contributed by atoms with E-state index in [0.717, 1.165) is 33.8 Å². The van der Waals surface area contributed by atoms with Gasteiger partial charge in [-0.2, -0.15) is 0 Å². The minimum absolute atomic E-state index is 0.237. The Morgan fingerprint density at radius 1 is 0.553 bits per heavy atom. The molecule has 0 spiro atoms. The first kappa shape index (κ1) is 23.1. The number of nitrogens with one attached hydrogen (secondary N) is 1. The van der Waals surface area contributed by atoms with E-state index in [1.165, 1.54) is 0 Å². The number of nitrogens with zero attached hydrogens (tertiary/aromatic N) is 2. The van der Waals surface area contributed by atoms with Crippen molar-refractivity contribution in [2.24, 2.45) is 0 Å². The molecule has 0 unspecified atom stereocenters. The molecule has 0 aliphatic carbocycles. The Labute approximate surface area is 220 Å². The molecule has 6 rings (SSSR count). The van der Waals surface area contributed by atoms with Crippen LogP contribution in [0.25, 0.3) is 33.5 Å². The smallest absolute Gasteiger partial charge is 0.255 e. The maximum Gasteiger partial charge on any atom is 0.255 e. The number of aromatic nitrogens is 2. The molecule has 1 amide bonds. The van der Waals surface area contributed by atoms with E-state index in [1.807, 2.05) is 115 Å². The maximum atomic E-state index is 13.2. The predicted octanol–water partition coefficient (Wildman–Crippen LogP) is 8.01. The highest BCUT2D eigenvalue weighted by Crippen LogP contribution is 2.31. The standard InChI is InChI=1S/C33H23N3O2/c37-33(34-26-15-10-18-28(22-26)38-27-16-8-3-9-17-27)25-19-20-29-30(21-25)36-32(24-13-6-2-7-14-24)31(35-29)23-11-4-1-5-12-23/h1-22H,(H,34,37). The fourth-order valence-corrected chi connectivity index (χ4v) is 4.26. The van der Waals surface area contributed by atoms with Crippen LogP contribution in [0.4, 0.5) is 5.69 Å². The lowest BCUT2D eigenvalue weighted by molar-refractivity contribution is 0.102. The molecule has 0 radical (unpaired) electrons. The lowest BCUT2D eigenvalue weighted by Gasteiger charge is -2.12. The second-order valence-corrected chi connectivity index (χ2v) is 8.75. The molecule has 5 aromatic carbocycles. The number of amides is 1. The zero-order valence-electron chi connectivity index (χ0n) is 20.4. The van der Waals surface area contributed by atoms with Gasteiger partial charge in [-0.25, -0.2) is 9.97 Å². The molecule has 6 aromatic rings. The molecule has 0 saturated carbocycles. The fraction of sp³-hybridized carbons (Fsp3) is 0. The Kier molecular flexibility index (Phi) is 6.31. The number of rotatable bonds is 6. The summed E-state index contributed by atoms with van der Waals surface area (Å²) in [5, 5.41) is 2.97. The van der Waals surface area contributed by atoms with E-state index >= 15 is 0 Å². The second-order valence-electron chi connectivity index (χ2n) is 8.75. The predicted molar refractivity (Wildman–Crippen MR) is 151 cm³/mol. The molecule has 5 heteroatoms. The number of hydrogen-bond donors (Lipinski definition) is 1. The summed E-state index contributed by atoms with van der Waals surface area (Å²) in [5.41, 5.74) is 6.03. The zero-order valence-corrected chi connectivity index (χ0v) is 20.4. The molecule has 1 N–H and O–H groups in total. The van der Waals surface area contributed by atoms with Gasteiger partial charge in [0.1, 0.15) is 11.5 Å². The molecule has 0 fully saturated rings. The van der Waals surface area contributed by atoms with Crippen LogP contribution in [0.15, 0.2) is 133 Å². The highest BCUT2D eigenvalue weighted by atomic mass is 16.5. The number of ether oxygens (including phenoxy) is 1. The molecule has 5 nitrogen and oxygen atoms in total. The van der Waals surface area contributed by atoms with Gasteiger partial charge in [0.2, 0.25) is 0 Å². The van der Waals surface area contributed by atoms with Crippen molar-refractivity contribution in [2.75, 3.05) is 5.32 Å². The molecule has 38 heavy (non-hydrogen) atoms. The SMILES string of the molecule is O=C(Nc1cccc(Oc2ccccc2)c1)c1ccc2nc(-c3ccccc3)c(-c3ccccc3)nc2c1. The van der Waals surface area contributed by atoms with Gasteiger partial charge in [0, 0.05) is 28.4 Å². The first-order valence-electron chi connectivity index (χ1n) is 12.3. The monoisotopic (exact) mass is 493 g/mol. The molecule has 0 bridgehead atoms.